The second-order valence-electron chi connectivity index (χ2n) is 9.34. The largest absolute Gasteiger partial charge is 0.494 e. The third-order valence-electron chi connectivity index (χ3n) is 6.55. The number of carbonyl (C=O) groups excluding carboxylic acids is 1. The van der Waals surface area contributed by atoms with Gasteiger partial charge in [-0.3, -0.25) is 9.36 Å². The van der Waals surface area contributed by atoms with E-state index in [2.05, 4.69) is 45.1 Å². The van der Waals surface area contributed by atoms with E-state index in [0.717, 1.165) is 24.7 Å². The molecule has 4 aromatic rings. The number of ether oxygens (including phenoxy) is 3. The molecule has 5 rings (SSSR count). The molecule has 0 radical (unpaired) electrons. The number of fused-ring (bicyclic) bond motifs is 1. The molecule has 0 fully saturated rings. The predicted octanol–water partition coefficient (Wildman–Crippen LogP) is 6.27. The number of benzene rings is 3. The molecule has 0 amide bonds. The number of carbonyl (C=O) groups is 1. The summed E-state index contributed by atoms with van der Waals surface area (Å²) < 4.78 is 20.9. The normalized spacial score (nSPS) is 14.6. The first kappa shape index (κ1) is 31.0. The molecule has 0 bridgehead atoms. The number of hydrogen-bond acceptors (Lipinski definition) is 7. The van der Waals surface area contributed by atoms with E-state index in [4.69, 9.17) is 19.2 Å². The summed E-state index contributed by atoms with van der Waals surface area (Å²) in [5.41, 5.74) is 2.70. The number of thiazole rings is 1. The molecule has 43 heavy (non-hydrogen) atoms. The maximum atomic E-state index is 14.2. The quantitative estimate of drug-likeness (QED) is 0.108. The second kappa shape index (κ2) is 13.9. The molecule has 0 unspecified atom stereocenters. The highest BCUT2D eigenvalue weighted by Gasteiger charge is 2.35. The summed E-state index contributed by atoms with van der Waals surface area (Å²) in [6, 6.07) is 20.0. The Kier molecular flexibility index (Phi) is 9.99. The average Bonchev–Trinajstić information content (AvgIpc) is 3.31. The van der Waals surface area contributed by atoms with Crippen LogP contribution < -0.4 is 24.4 Å². The van der Waals surface area contributed by atoms with Crippen LogP contribution in [0.15, 0.2) is 99.2 Å². The number of esters is 1. The van der Waals surface area contributed by atoms with Gasteiger partial charge in [0.15, 0.2) is 4.80 Å². The van der Waals surface area contributed by atoms with Gasteiger partial charge in [0, 0.05) is 15.6 Å². The Balaban J connectivity index is 1.80. The van der Waals surface area contributed by atoms with Crippen molar-refractivity contribution < 1.29 is 19.0 Å². The van der Waals surface area contributed by atoms with Gasteiger partial charge in [0.2, 0.25) is 0 Å². The smallest absolute Gasteiger partial charge is 0.338 e. The SMILES string of the molecule is C=CCOc1c(I)cc(Br)cc1/C=c1\sc2n(c1=O)[C@@H](c1ccc(OCC)cc1)C(C(=O)OCC)=C(c1ccccc1)N=2. The molecule has 220 valence electrons. The monoisotopic (exact) mass is 770 g/mol. The molecule has 0 aliphatic carbocycles. The molecular formula is C33H28BrIN2O5S. The molecule has 0 N–H and O–H groups in total. The fourth-order valence-corrected chi connectivity index (χ4v) is 7.49. The lowest BCUT2D eigenvalue weighted by atomic mass is 9.93. The van der Waals surface area contributed by atoms with Crippen LogP contribution in [-0.4, -0.2) is 30.4 Å². The van der Waals surface area contributed by atoms with E-state index in [1.807, 2.05) is 73.7 Å². The van der Waals surface area contributed by atoms with E-state index in [1.165, 1.54) is 11.3 Å². The van der Waals surface area contributed by atoms with Gasteiger partial charge in [-0.1, -0.05) is 82.4 Å². The number of halogens is 2. The zero-order chi connectivity index (χ0) is 30.5. The van der Waals surface area contributed by atoms with Gasteiger partial charge in [-0.2, -0.15) is 0 Å². The van der Waals surface area contributed by atoms with Gasteiger partial charge in [0.25, 0.3) is 5.56 Å². The Morgan fingerprint density at radius 2 is 1.84 bits per heavy atom. The molecule has 1 aliphatic heterocycles. The van der Waals surface area contributed by atoms with E-state index in [9.17, 15) is 9.59 Å². The molecular weight excluding hydrogens is 743 g/mol. The summed E-state index contributed by atoms with van der Waals surface area (Å²) in [4.78, 5) is 33.3. The van der Waals surface area contributed by atoms with Crippen molar-refractivity contribution >= 4 is 67.6 Å². The third-order valence-corrected chi connectivity index (χ3v) is 8.79. The van der Waals surface area contributed by atoms with E-state index in [0.29, 0.717) is 45.3 Å². The highest BCUT2D eigenvalue weighted by molar-refractivity contribution is 14.1. The van der Waals surface area contributed by atoms with Gasteiger partial charge >= 0.3 is 5.97 Å². The molecule has 1 aromatic heterocycles. The van der Waals surface area contributed by atoms with Gasteiger partial charge in [-0.15, -0.1) is 0 Å². The second-order valence-corrected chi connectivity index (χ2v) is 12.4. The Bertz CT molecular complexity index is 1880. The molecule has 1 aliphatic rings. The summed E-state index contributed by atoms with van der Waals surface area (Å²) in [5.74, 6) is 0.814. The molecule has 0 spiro atoms. The van der Waals surface area contributed by atoms with Crippen molar-refractivity contribution in [1.82, 2.24) is 4.57 Å². The first-order valence-corrected chi connectivity index (χ1v) is 16.3. The van der Waals surface area contributed by atoms with E-state index in [1.54, 1.807) is 23.6 Å². The molecule has 1 atom stereocenters. The van der Waals surface area contributed by atoms with Crippen LogP contribution in [0, 0.1) is 3.57 Å². The Hall–Kier alpha value is -3.48. The maximum Gasteiger partial charge on any atom is 0.338 e. The summed E-state index contributed by atoms with van der Waals surface area (Å²) >= 11 is 7.04. The van der Waals surface area contributed by atoms with Gasteiger partial charge in [0.1, 0.15) is 18.1 Å². The molecule has 0 saturated heterocycles. The zero-order valence-electron chi connectivity index (χ0n) is 23.5. The van der Waals surface area contributed by atoms with Crippen LogP contribution in [0.5, 0.6) is 11.5 Å². The molecule has 0 saturated carbocycles. The molecule has 2 heterocycles. The van der Waals surface area contributed by atoms with E-state index in [-0.39, 0.29) is 12.2 Å². The van der Waals surface area contributed by atoms with Crippen LogP contribution in [0.1, 0.15) is 36.6 Å². The molecule has 10 heteroatoms. The minimum atomic E-state index is -0.775. The summed E-state index contributed by atoms with van der Waals surface area (Å²) in [6.07, 6.45) is 3.48. The van der Waals surface area contributed by atoms with Crippen LogP contribution >= 0.6 is 49.9 Å². The lowest BCUT2D eigenvalue weighted by Gasteiger charge is -2.26. The van der Waals surface area contributed by atoms with Crippen molar-refractivity contribution in [2.75, 3.05) is 19.8 Å². The fraction of sp³-hybridized carbons (Fsp3) is 0.182. The van der Waals surface area contributed by atoms with Crippen molar-refractivity contribution in [3.63, 3.8) is 0 Å². The lowest BCUT2D eigenvalue weighted by Crippen LogP contribution is -2.40. The third kappa shape index (κ3) is 6.56. The van der Waals surface area contributed by atoms with Crippen LogP contribution in [-0.2, 0) is 9.53 Å². The van der Waals surface area contributed by atoms with Crippen molar-refractivity contribution in [3.8, 4) is 11.5 Å². The first-order valence-electron chi connectivity index (χ1n) is 13.6. The summed E-state index contributed by atoms with van der Waals surface area (Å²) in [5, 5.41) is 0. The number of nitrogens with zero attached hydrogens (tertiary/aromatic N) is 2. The standard InChI is InChI=1S/C33H28BrIN2O5S/c1-4-16-42-30-22(17-23(34)19-25(30)35)18-26-31(38)37-29(21-12-14-24(15-13-21)40-5-2)27(32(39)41-6-3)28(36-33(37)43-26)20-10-8-7-9-11-20/h4,7-15,17-19,29H,1,5-6,16H2,2-3H3/b26-18-/t29-/m0/s1. The average molecular weight is 771 g/mol. The highest BCUT2D eigenvalue weighted by Crippen LogP contribution is 2.36. The van der Waals surface area contributed by atoms with Crippen molar-refractivity contribution in [2.45, 2.75) is 19.9 Å². The van der Waals surface area contributed by atoms with Crippen LogP contribution in [0.2, 0.25) is 0 Å². The maximum absolute atomic E-state index is 14.2. The summed E-state index contributed by atoms with van der Waals surface area (Å²) in [7, 11) is 0. The fourth-order valence-electron chi connectivity index (χ4n) is 4.79. The molecule has 7 nitrogen and oxygen atoms in total. The van der Waals surface area contributed by atoms with Gasteiger partial charge in [0.05, 0.1) is 38.6 Å². The van der Waals surface area contributed by atoms with Crippen molar-refractivity contribution in [3.05, 3.63) is 129 Å². The number of hydrogen-bond donors (Lipinski definition) is 0. The minimum absolute atomic E-state index is 0.180. The summed E-state index contributed by atoms with van der Waals surface area (Å²) in [6.45, 7) is 8.45. The Labute approximate surface area is 275 Å². The first-order chi connectivity index (χ1) is 20.9. The Morgan fingerprint density at radius 3 is 2.51 bits per heavy atom. The Morgan fingerprint density at radius 1 is 1.09 bits per heavy atom. The lowest BCUT2D eigenvalue weighted by molar-refractivity contribution is -0.138. The van der Waals surface area contributed by atoms with Gasteiger partial charge in [-0.25, -0.2) is 9.79 Å². The van der Waals surface area contributed by atoms with Crippen LogP contribution in [0.3, 0.4) is 0 Å². The highest BCUT2D eigenvalue weighted by atomic mass is 127. The van der Waals surface area contributed by atoms with Crippen molar-refractivity contribution in [1.29, 1.82) is 0 Å². The van der Waals surface area contributed by atoms with Crippen molar-refractivity contribution in [2.24, 2.45) is 4.99 Å². The topological polar surface area (TPSA) is 79.1 Å². The van der Waals surface area contributed by atoms with E-state index >= 15 is 0 Å². The number of aromatic nitrogens is 1. The van der Waals surface area contributed by atoms with Gasteiger partial charge < -0.3 is 14.2 Å². The molecule has 3 aromatic carbocycles. The van der Waals surface area contributed by atoms with Crippen LogP contribution in [0.25, 0.3) is 11.8 Å². The van der Waals surface area contributed by atoms with Crippen LogP contribution in [0.4, 0.5) is 0 Å². The predicted molar refractivity (Wildman–Crippen MR) is 181 cm³/mol. The minimum Gasteiger partial charge on any atom is -0.494 e. The van der Waals surface area contributed by atoms with Gasteiger partial charge in [-0.05, 0) is 72.3 Å². The number of rotatable bonds is 10. The van der Waals surface area contributed by atoms with E-state index < -0.39 is 12.0 Å². The zero-order valence-corrected chi connectivity index (χ0v) is 28.1.